The van der Waals surface area contributed by atoms with Crippen LogP contribution in [0.4, 0.5) is 5.88 Å². The summed E-state index contributed by atoms with van der Waals surface area (Å²) in [5.41, 5.74) is 0.230. The molecule has 0 spiro atoms. The van der Waals surface area contributed by atoms with Crippen LogP contribution in [0.2, 0.25) is 5.02 Å². The number of halogens is 1. The lowest BCUT2D eigenvalue weighted by Crippen LogP contribution is -2.41. The van der Waals surface area contributed by atoms with Crippen LogP contribution >= 0.6 is 23.4 Å². The highest BCUT2D eigenvalue weighted by Crippen LogP contribution is 2.31. The molecule has 7 nitrogen and oxygen atoms in total. The summed E-state index contributed by atoms with van der Waals surface area (Å²) >= 11 is 7.57. The minimum absolute atomic E-state index is 0.0465. The van der Waals surface area contributed by atoms with E-state index >= 15 is 0 Å². The maximum Gasteiger partial charge on any atom is 0.266 e. The molecule has 1 saturated heterocycles. The number of carbonyl (C=O) groups excluding carboxylic acids is 1. The largest absolute Gasteiger partial charge is 0.459 e. The molecule has 1 aliphatic rings. The Labute approximate surface area is 189 Å². The van der Waals surface area contributed by atoms with E-state index < -0.39 is 0 Å². The minimum Gasteiger partial charge on any atom is -0.459 e. The Hall–Kier alpha value is -2.89. The Balaban J connectivity index is 1.25. The SMILES string of the molecule is N#Cc1nc(-c2ccco2)oc1N1CCC(C(=O)NCCSc2ccc(Cl)cc2)CC1. The van der Waals surface area contributed by atoms with Crippen molar-refractivity contribution in [2.45, 2.75) is 17.7 Å². The molecule has 0 radical (unpaired) electrons. The van der Waals surface area contributed by atoms with Crippen LogP contribution in [0.3, 0.4) is 0 Å². The first kappa shape index (κ1) is 21.3. The van der Waals surface area contributed by atoms with Crippen LogP contribution in [0.15, 0.2) is 56.4 Å². The summed E-state index contributed by atoms with van der Waals surface area (Å²) in [7, 11) is 0. The van der Waals surface area contributed by atoms with Crippen LogP contribution in [-0.4, -0.2) is 36.3 Å². The van der Waals surface area contributed by atoms with E-state index in [0.29, 0.717) is 49.1 Å². The van der Waals surface area contributed by atoms with E-state index in [2.05, 4.69) is 16.4 Å². The molecule has 1 N–H and O–H groups in total. The first-order valence-electron chi connectivity index (χ1n) is 10.00. The zero-order valence-electron chi connectivity index (χ0n) is 16.7. The Kier molecular flexibility index (Phi) is 6.85. The molecule has 9 heteroatoms. The van der Waals surface area contributed by atoms with Crippen molar-refractivity contribution < 1.29 is 13.6 Å². The fourth-order valence-electron chi connectivity index (χ4n) is 3.47. The molecule has 3 heterocycles. The van der Waals surface area contributed by atoms with Crippen LogP contribution < -0.4 is 10.2 Å². The predicted molar refractivity (Wildman–Crippen MR) is 119 cm³/mol. The van der Waals surface area contributed by atoms with E-state index in [1.165, 1.54) is 6.26 Å². The zero-order chi connectivity index (χ0) is 21.6. The summed E-state index contributed by atoms with van der Waals surface area (Å²) in [6.07, 6.45) is 2.92. The van der Waals surface area contributed by atoms with Crippen molar-refractivity contribution in [3.8, 4) is 17.7 Å². The summed E-state index contributed by atoms with van der Waals surface area (Å²) in [6.45, 7) is 1.86. The highest BCUT2D eigenvalue weighted by Gasteiger charge is 2.29. The first-order valence-corrected chi connectivity index (χ1v) is 11.4. The van der Waals surface area contributed by atoms with Gasteiger partial charge in [0, 0.05) is 41.2 Å². The lowest BCUT2D eigenvalue weighted by Gasteiger charge is -2.30. The monoisotopic (exact) mass is 456 g/mol. The number of anilines is 1. The highest BCUT2D eigenvalue weighted by molar-refractivity contribution is 7.99. The summed E-state index contributed by atoms with van der Waals surface area (Å²) in [5, 5.41) is 13.2. The molecule has 0 unspecified atom stereocenters. The molecule has 1 fully saturated rings. The van der Waals surface area contributed by atoms with Crippen LogP contribution in [0.5, 0.6) is 0 Å². The quantitative estimate of drug-likeness (QED) is 0.410. The Morgan fingerprint density at radius 2 is 2.06 bits per heavy atom. The molecule has 31 heavy (non-hydrogen) atoms. The van der Waals surface area contributed by atoms with Gasteiger partial charge in [0.2, 0.25) is 17.5 Å². The molecule has 1 amide bonds. The van der Waals surface area contributed by atoms with Crippen molar-refractivity contribution in [3.63, 3.8) is 0 Å². The lowest BCUT2D eigenvalue weighted by molar-refractivity contribution is -0.125. The number of nitrogens with zero attached hydrogens (tertiary/aromatic N) is 3. The van der Waals surface area contributed by atoms with E-state index in [4.69, 9.17) is 20.4 Å². The molecule has 0 saturated carbocycles. The van der Waals surface area contributed by atoms with Crippen molar-refractivity contribution in [3.05, 3.63) is 53.4 Å². The van der Waals surface area contributed by atoms with Crippen molar-refractivity contribution in [1.29, 1.82) is 5.26 Å². The number of thioether (sulfide) groups is 1. The number of hydrogen-bond donors (Lipinski definition) is 1. The second-order valence-electron chi connectivity index (χ2n) is 7.12. The van der Waals surface area contributed by atoms with Crippen LogP contribution in [0.1, 0.15) is 18.5 Å². The van der Waals surface area contributed by atoms with Gasteiger partial charge in [-0.1, -0.05) is 11.6 Å². The molecule has 0 bridgehead atoms. The van der Waals surface area contributed by atoms with Crippen LogP contribution in [-0.2, 0) is 4.79 Å². The van der Waals surface area contributed by atoms with Gasteiger partial charge in [-0.2, -0.15) is 10.2 Å². The standard InChI is InChI=1S/C22H21ClN4O3S/c23-16-3-5-17(6-4-16)31-13-9-25-20(28)15-7-10-27(11-8-15)22-18(14-24)26-21(30-22)19-2-1-12-29-19/h1-6,12,15H,7-11,13H2,(H,25,28). The third-order valence-corrected chi connectivity index (χ3v) is 6.35. The van der Waals surface area contributed by atoms with E-state index in [-0.39, 0.29) is 23.4 Å². The molecule has 3 aromatic rings. The fraction of sp³-hybridized carbons (Fsp3) is 0.318. The number of aromatic nitrogens is 1. The lowest BCUT2D eigenvalue weighted by atomic mass is 9.96. The second-order valence-corrected chi connectivity index (χ2v) is 8.72. The maximum atomic E-state index is 12.5. The van der Waals surface area contributed by atoms with Crippen molar-refractivity contribution in [2.75, 3.05) is 30.3 Å². The molecule has 0 atom stereocenters. The number of furan rings is 1. The van der Waals surface area contributed by atoms with E-state index in [1.54, 1.807) is 23.9 Å². The predicted octanol–water partition coefficient (Wildman–Crippen LogP) is 4.58. The van der Waals surface area contributed by atoms with Gasteiger partial charge in [-0.05, 0) is 49.2 Å². The number of rotatable bonds is 7. The third-order valence-electron chi connectivity index (χ3n) is 5.08. The van der Waals surface area contributed by atoms with Gasteiger partial charge in [0.1, 0.15) is 6.07 Å². The zero-order valence-corrected chi connectivity index (χ0v) is 18.3. The summed E-state index contributed by atoms with van der Waals surface area (Å²) in [6, 6.07) is 13.2. The van der Waals surface area contributed by atoms with Gasteiger partial charge in [-0.25, -0.2) is 0 Å². The van der Waals surface area contributed by atoms with Crippen molar-refractivity contribution in [1.82, 2.24) is 10.3 Å². The molecule has 2 aromatic heterocycles. The number of oxazole rings is 1. The van der Waals surface area contributed by atoms with E-state index in [0.717, 1.165) is 10.6 Å². The number of benzene rings is 1. The number of piperidine rings is 1. The number of nitriles is 1. The van der Waals surface area contributed by atoms with E-state index in [1.807, 2.05) is 29.2 Å². The Morgan fingerprint density at radius 1 is 1.29 bits per heavy atom. The maximum absolute atomic E-state index is 12.5. The highest BCUT2D eigenvalue weighted by atomic mass is 35.5. The first-order chi connectivity index (χ1) is 15.1. The fourth-order valence-corrected chi connectivity index (χ4v) is 4.36. The number of nitrogens with one attached hydrogen (secondary N) is 1. The van der Waals surface area contributed by atoms with Crippen molar-refractivity contribution >= 4 is 35.2 Å². The molecule has 0 aliphatic carbocycles. The molecule has 4 rings (SSSR count). The summed E-state index contributed by atoms with van der Waals surface area (Å²) < 4.78 is 11.1. The van der Waals surface area contributed by atoms with Gasteiger partial charge in [0.15, 0.2) is 5.76 Å². The normalized spacial score (nSPS) is 14.4. The molecular formula is C22H21ClN4O3S. The van der Waals surface area contributed by atoms with Crippen molar-refractivity contribution in [2.24, 2.45) is 5.92 Å². The van der Waals surface area contributed by atoms with Gasteiger partial charge >= 0.3 is 0 Å². The molecule has 1 aromatic carbocycles. The minimum atomic E-state index is -0.0465. The Morgan fingerprint density at radius 3 is 2.74 bits per heavy atom. The second kappa shape index (κ2) is 9.94. The number of amides is 1. The van der Waals surface area contributed by atoms with Gasteiger partial charge in [0.25, 0.3) is 5.89 Å². The average Bonchev–Trinajstić information content (AvgIpc) is 3.48. The molecule has 1 aliphatic heterocycles. The summed E-state index contributed by atoms with van der Waals surface area (Å²) in [5.74, 6) is 2.03. The average molecular weight is 457 g/mol. The van der Waals surface area contributed by atoms with Gasteiger partial charge in [-0.15, -0.1) is 11.8 Å². The number of hydrogen-bond acceptors (Lipinski definition) is 7. The third kappa shape index (κ3) is 5.24. The van der Waals surface area contributed by atoms with Gasteiger partial charge in [0.05, 0.1) is 6.26 Å². The smallest absolute Gasteiger partial charge is 0.266 e. The summed E-state index contributed by atoms with van der Waals surface area (Å²) in [4.78, 5) is 19.8. The molecule has 160 valence electrons. The van der Waals surface area contributed by atoms with Crippen LogP contribution in [0, 0.1) is 17.2 Å². The molecular weight excluding hydrogens is 436 g/mol. The van der Waals surface area contributed by atoms with E-state index in [9.17, 15) is 10.1 Å². The topological polar surface area (TPSA) is 95.3 Å². The Bertz CT molecular complexity index is 1050. The van der Waals surface area contributed by atoms with Crippen LogP contribution in [0.25, 0.3) is 11.7 Å². The van der Waals surface area contributed by atoms with Gasteiger partial charge in [-0.3, -0.25) is 4.79 Å². The van der Waals surface area contributed by atoms with Gasteiger partial charge < -0.3 is 19.1 Å². The number of carbonyl (C=O) groups is 1.